The van der Waals surface area contributed by atoms with Crippen molar-refractivity contribution in [2.24, 2.45) is 5.92 Å². The Morgan fingerprint density at radius 2 is 1.94 bits per heavy atom. The van der Waals surface area contributed by atoms with Gasteiger partial charge in [0.1, 0.15) is 0 Å². The summed E-state index contributed by atoms with van der Waals surface area (Å²) in [6.45, 7) is 2.26. The zero-order valence-electron chi connectivity index (χ0n) is 9.43. The maximum atomic E-state index is 11.7. The molecular formula is C9H16F3NO3. The SMILES string of the molecule is COCC(NC(=O)OCC(F)(F)F)C(C)C. The van der Waals surface area contributed by atoms with Crippen LogP contribution in [0.15, 0.2) is 0 Å². The molecule has 0 aromatic carbocycles. The Morgan fingerprint density at radius 3 is 2.31 bits per heavy atom. The van der Waals surface area contributed by atoms with Gasteiger partial charge in [-0.2, -0.15) is 13.2 Å². The van der Waals surface area contributed by atoms with Crippen molar-refractivity contribution in [2.75, 3.05) is 20.3 Å². The summed E-state index contributed by atoms with van der Waals surface area (Å²) in [6.07, 6.45) is -5.60. The van der Waals surface area contributed by atoms with Crippen molar-refractivity contribution < 1.29 is 27.4 Å². The van der Waals surface area contributed by atoms with Crippen LogP contribution >= 0.6 is 0 Å². The minimum Gasteiger partial charge on any atom is -0.440 e. The second kappa shape index (κ2) is 6.57. The van der Waals surface area contributed by atoms with Crippen LogP contribution < -0.4 is 5.32 Å². The van der Waals surface area contributed by atoms with Gasteiger partial charge >= 0.3 is 12.3 Å². The first-order valence-electron chi connectivity index (χ1n) is 4.75. The number of methoxy groups -OCH3 is 1. The number of rotatable bonds is 5. The molecule has 0 rings (SSSR count). The van der Waals surface area contributed by atoms with Crippen LogP contribution in [0.1, 0.15) is 13.8 Å². The fraction of sp³-hybridized carbons (Fsp3) is 0.889. The molecule has 1 atom stereocenters. The van der Waals surface area contributed by atoms with E-state index in [2.05, 4.69) is 10.1 Å². The van der Waals surface area contributed by atoms with E-state index in [1.807, 2.05) is 13.8 Å². The number of alkyl carbamates (subject to hydrolysis) is 1. The van der Waals surface area contributed by atoms with Crippen molar-refractivity contribution in [3.8, 4) is 0 Å². The van der Waals surface area contributed by atoms with Crippen molar-refractivity contribution in [1.29, 1.82) is 0 Å². The summed E-state index contributed by atoms with van der Waals surface area (Å²) in [5.41, 5.74) is 0. The molecule has 0 saturated heterocycles. The number of hydrogen-bond acceptors (Lipinski definition) is 3. The van der Waals surface area contributed by atoms with Crippen molar-refractivity contribution >= 4 is 6.09 Å². The summed E-state index contributed by atoms with van der Waals surface area (Å²) in [5.74, 6) is 0.0402. The van der Waals surface area contributed by atoms with Gasteiger partial charge in [-0.05, 0) is 5.92 Å². The van der Waals surface area contributed by atoms with Crippen LogP contribution in [0, 0.1) is 5.92 Å². The van der Waals surface area contributed by atoms with Gasteiger partial charge in [0.25, 0.3) is 0 Å². The molecule has 1 N–H and O–H groups in total. The van der Waals surface area contributed by atoms with Crippen LogP contribution in [0.2, 0.25) is 0 Å². The van der Waals surface area contributed by atoms with Gasteiger partial charge in [-0.15, -0.1) is 0 Å². The molecule has 7 heteroatoms. The van der Waals surface area contributed by atoms with E-state index in [0.717, 1.165) is 0 Å². The molecule has 1 unspecified atom stereocenters. The maximum Gasteiger partial charge on any atom is 0.422 e. The van der Waals surface area contributed by atoms with Crippen LogP contribution in [0.3, 0.4) is 0 Å². The van der Waals surface area contributed by atoms with Gasteiger partial charge in [0.05, 0.1) is 12.6 Å². The molecule has 0 aliphatic carbocycles. The number of ether oxygens (including phenoxy) is 2. The van der Waals surface area contributed by atoms with Crippen molar-refractivity contribution in [3.05, 3.63) is 0 Å². The molecule has 0 aliphatic rings. The van der Waals surface area contributed by atoms with E-state index >= 15 is 0 Å². The minimum absolute atomic E-state index is 0.0402. The third kappa shape index (κ3) is 7.33. The van der Waals surface area contributed by atoms with Crippen molar-refractivity contribution in [3.63, 3.8) is 0 Å². The second-order valence-electron chi connectivity index (χ2n) is 3.64. The highest BCUT2D eigenvalue weighted by Gasteiger charge is 2.30. The standard InChI is InChI=1S/C9H16F3NO3/c1-6(2)7(4-15-3)13-8(14)16-5-9(10,11)12/h6-7H,4-5H2,1-3H3,(H,13,14). The van der Waals surface area contributed by atoms with Gasteiger partial charge in [0, 0.05) is 7.11 Å². The Bertz CT molecular complexity index is 219. The number of nitrogens with one attached hydrogen (secondary N) is 1. The molecule has 4 nitrogen and oxygen atoms in total. The molecule has 0 saturated carbocycles. The van der Waals surface area contributed by atoms with Gasteiger partial charge in [-0.1, -0.05) is 13.8 Å². The Hall–Kier alpha value is -0.980. The lowest BCUT2D eigenvalue weighted by Gasteiger charge is -2.21. The number of halogens is 3. The smallest absolute Gasteiger partial charge is 0.422 e. The van der Waals surface area contributed by atoms with E-state index in [1.165, 1.54) is 7.11 Å². The lowest BCUT2D eigenvalue weighted by molar-refractivity contribution is -0.160. The van der Waals surface area contributed by atoms with Gasteiger partial charge in [-0.3, -0.25) is 0 Å². The van der Waals surface area contributed by atoms with E-state index in [-0.39, 0.29) is 18.6 Å². The van der Waals surface area contributed by atoms with Gasteiger partial charge in [0.2, 0.25) is 0 Å². The number of hydrogen-bond donors (Lipinski definition) is 1. The average molecular weight is 243 g/mol. The summed E-state index contributed by atoms with van der Waals surface area (Å²) >= 11 is 0. The summed E-state index contributed by atoms with van der Waals surface area (Å²) in [6, 6.07) is -0.370. The largest absolute Gasteiger partial charge is 0.440 e. The lowest BCUT2D eigenvalue weighted by Crippen LogP contribution is -2.42. The van der Waals surface area contributed by atoms with Crippen LogP contribution in [-0.2, 0) is 9.47 Å². The first-order valence-corrected chi connectivity index (χ1v) is 4.75. The van der Waals surface area contributed by atoms with Gasteiger partial charge in [-0.25, -0.2) is 4.79 Å². The van der Waals surface area contributed by atoms with E-state index in [9.17, 15) is 18.0 Å². The molecule has 0 aromatic heterocycles. The van der Waals surface area contributed by atoms with Crippen LogP contribution in [0.25, 0.3) is 0 Å². The molecule has 16 heavy (non-hydrogen) atoms. The van der Waals surface area contributed by atoms with E-state index < -0.39 is 18.9 Å². The summed E-state index contributed by atoms with van der Waals surface area (Å²) < 4.78 is 44.0. The van der Waals surface area contributed by atoms with Crippen molar-refractivity contribution in [2.45, 2.75) is 26.1 Å². The van der Waals surface area contributed by atoms with Crippen LogP contribution in [-0.4, -0.2) is 38.6 Å². The first-order chi connectivity index (χ1) is 7.26. The Labute approximate surface area is 92.1 Å². The van der Waals surface area contributed by atoms with Crippen LogP contribution in [0.5, 0.6) is 0 Å². The molecule has 96 valence electrons. The monoisotopic (exact) mass is 243 g/mol. The zero-order valence-corrected chi connectivity index (χ0v) is 9.43. The molecule has 0 bridgehead atoms. The molecule has 0 fully saturated rings. The molecule has 0 aliphatic heterocycles. The van der Waals surface area contributed by atoms with E-state index in [0.29, 0.717) is 0 Å². The lowest BCUT2D eigenvalue weighted by atomic mass is 10.1. The van der Waals surface area contributed by atoms with E-state index in [1.54, 1.807) is 0 Å². The summed E-state index contributed by atoms with van der Waals surface area (Å²) in [4.78, 5) is 11.0. The fourth-order valence-corrected chi connectivity index (χ4v) is 0.921. The number of alkyl halides is 3. The number of amides is 1. The number of carbonyl (C=O) groups is 1. The maximum absolute atomic E-state index is 11.7. The highest BCUT2D eigenvalue weighted by atomic mass is 19.4. The predicted molar refractivity (Wildman–Crippen MR) is 51.0 cm³/mol. The van der Waals surface area contributed by atoms with Crippen LogP contribution in [0.4, 0.5) is 18.0 Å². The zero-order chi connectivity index (χ0) is 12.8. The van der Waals surface area contributed by atoms with Gasteiger partial charge < -0.3 is 14.8 Å². The average Bonchev–Trinajstić information content (AvgIpc) is 2.13. The molecule has 0 aromatic rings. The quantitative estimate of drug-likeness (QED) is 0.802. The summed E-state index contributed by atoms with van der Waals surface area (Å²) in [7, 11) is 1.44. The molecule has 0 heterocycles. The molecular weight excluding hydrogens is 227 g/mol. The summed E-state index contributed by atoms with van der Waals surface area (Å²) in [5, 5.41) is 2.30. The van der Waals surface area contributed by atoms with E-state index in [4.69, 9.17) is 4.74 Å². The Morgan fingerprint density at radius 1 is 1.38 bits per heavy atom. The fourth-order valence-electron chi connectivity index (χ4n) is 0.921. The molecule has 0 spiro atoms. The highest BCUT2D eigenvalue weighted by molar-refractivity contribution is 5.67. The number of carbonyl (C=O) groups excluding carboxylic acids is 1. The molecule has 1 amide bonds. The second-order valence-corrected chi connectivity index (χ2v) is 3.64. The predicted octanol–water partition coefficient (Wildman–Crippen LogP) is 1.95. The third-order valence-electron chi connectivity index (χ3n) is 1.82. The Balaban J connectivity index is 4.00. The third-order valence-corrected chi connectivity index (χ3v) is 1.82. The normalized spacial score (nSPS) is 13.7. The first kappa shape index (κ1) is 15.0. The van der Waals surface area contributed by atoms with Gasteiger partial charge in [0.15, 0.2) is 6.61 Å². The topological polar surface area (TPSA) is 47.6 Å². The highest BCUT2D eigenvalue weighted by Crippen LogP contribution is 2.14. The minimum atomic E-state index is -4.51. The Kier molecular flexibility index (Phi) is 6.17. The molecule has 0 radical (unpaired) electrons. The van der Waals surface area contributed by atoms with Crippen molar-refractivity contribution in [1.82, 2.24) is 5.32 Å².